The van der Waals surface area contributed by atoms with Crippen molar-refractivity contribution in [3.8, 4) is 0 Å². The number of amides is 1. The van der Waals surface area contributed by atoms with E-state index in [0.29, 0.717) is 30.0 Å². The van der Waals surface area contributed by atoms with Crippen LogP contribution in [0.5, 0.6) is 0 Å². The first-order chi connectivity index (χ1) is 12.1. The van der Waals surface area contributed by atoms with Gasteiger partial charge in [-0.2, -0.15) is 0 Å². The van der Waals surface area contributed by atoms with E-state index in [2.05, 4.69) is 9.88 Å². The van der Waals surface area contributed by atoms with Crippen LogP contribution in [0.15, 0.2) is 36.5 Å². The maximum atomic E-state index is 13.2. The fourth-order valence-corrected chi connectivity index (χ4v) is 3.58. The molecule has 25 heavy (non-hydrogen) atoms. The molecular formula is C18H18N4O3. The molecule has 1 fully saturated rings. The molecule has 7 nitrogen and oxygen atoms in total. The first kappa shape index (κ1) is 15.6. The minimum Gasteiger partial charge on any atom is -0.356 e. The number of benzene rings is 1. The summed E-state index contributed by atoms with van der Waals surface area (Å²) in [5.41, 5.74) is 2.16. The first-order valence-corrected chi connectivity index (χ1v) is 8.44. The third kappa shape index (κ3) is 2.71. The summed E-state index contributed by atoms with van der Waals surface area (Å²) in [5.74, 6) is 0.568. The van der Waals surface area contributed by atoms with Crippen LogP contribution >= 0.6 is 0 Å². The Morgan fingerprint density at radius 2 is 1.96 bits per heavy atom. The molecule has 2 aliphatic rings. The largest absolute Gasteiger partial charge is 0.356 e. The number of aromatic nitrogens is 1. The van der Waals surface area contributed by atoms with Gasteiger partial charge in [0.25, 0.3) is 11.6 Å². The molecule has 0 N–H and O–H groups in total. The van der Waals surface area contributed by atoms with Crippen LogP contribution in [0.2, 0.25) is 0 Å². The molecule has 0 saturated carbocycles. The highest BCUT2D eigenvalue weighted by molar-refractivity contribution is 6.10. The van der Waals surface area contributed by atoms with Gasteiger partial charge in [-0.1, -0.05) is 6.07 Å². The molecule has 1 aromatic carbocycles. The first-order valence-electron chi connectivity index (χ1n) is 8.44. The SMILES string of the molecule is O=C(c1cccnc1N1CCCC1)N1CCc2ccc([N+](=O)[O-])cc21. The Hall–Kier alpha value is -2.96. The molecule has 0 aliphatic carbocycles. The maximum absolute atomic E-state index is 13.2. The summed E-state index contributed by atoms with van der Waals surface area (Å²) in [5, 5.41) is 11.1. The summed E-state index contributed by atoms with van der Waals surface area (Å²) in [7, 11) is 0. The molecule has 128 valence electrons. The van der Waals surface area contributed by atoms with Gasteiger partial charge in [0.05, 0.1) is 16.2 Å². The second-order valence-electron chi connectivity index (χ2n) is 6.35. The number of fused-ring (bicyclic) bond motifs is 1. The lowest BCUT2D eigenvalue weighted by atomic mass is 10.1. The minimum absolute atomic E-state index is 0.00408. The molecule has 2 aromatic rings. The number of nitro groups is 1. The predicted molar refractivity (Wildman–Crippen MR) is 94.2 cm³/mol. The number of nitrogens with zero attached hydrogens (tertiary/aromatic N) is 4. The summed E-state index contributed by atoms with van der Waals surface area (Å²) >= 11 is 0. The molecule has 1 amide bonds. The van der Waals surface area contributed by atoms with Gasteiger partial charge >= 0.3 is 0 Å². The van der Waals surface area contributed by atoms with Gasteiger partial charge in [-0.3, -0.25) is 14.9 Å². The third-order valence-electron chi connectivity index (χ3n) is 4.84. The molecule has 0 atom stereocenters. The molecule has 4 rings (SSSR count). The Bertz CT molecular complexity index is 846. The molecule has 0 bridgehead atoms. The van der Waals surface area contributed by atoms with E-state index in [9.17, 15) is 14.9 Å². The van der Waals surface area contributed by atoms with Gasteiger partial charge < -0.3 is 9.80 Å². The standard InChI is InChI=1S/C18H18N4O3/c23-18(15-4-3-8-19-17(15)20-9-1-2-10-20)21-11-7-13-5-6-14(22(24)25)12-16(13)21/h3-6,8,12H,1-2,7,9-11H2. The summed E-state index contributed by atoms with van der Waals surface area (Å²) in [4.78, 5) is 32.0. The monoisotopic (exact) mass is 338 g/mol. The van der Waals surface area contributed by atoms with Gasteiger partial charge in [-0.25, -0.2) is 4.98 Å². The molecule has 3 heterocycles. The molecule has 1 aromatic heterocycles. The number of carbonyl (C=O) groups is 1. The molecule has 0 unspecified atom stereocenters. The van der Waals surface area contributed by atoms with Crippen LogP contribution in [0.1, 0.15) is 28.8 Å². The van der Waals surface area contributed by atoms with Gasteiger partial charge in [0, 0.05) is 38.0 Å². The van der Waals surface area contributed by atoms with Crippen molar-refractivity contribution < 1.29 is 9.72 Å². The van der Waals surface area contributed by atoms with E-state index >= 15 is 0 Å². The molecule has 0 radical (unpaired) electrons. The fraction of sp³-hybridized carbons (Fsp3) is 0.333. The smallest absolute Gasteiger partial charge is 0.271 e. The summed E-state index contributed by atoms with van der Waals surface area (Å²) in [6.45, 7) is 2.34. The van der Waals surface area contributed by atoms with Crippen LogP contribution in [0.4, 0.5) is 17.2 Å². The highest BCUT2D eigenvalue weighted by Gasteiger charge is 2.30. The number of non-ortho nitro benzene ring substituents is 1. The number of pyridine rings is 1. The van der Waals surface area contributed by atoms with Gasteiger partial charge in [0.15, 0.2) is 0 Å². The number of rotatable bonds is 3. The average molecular weight is 338 g/mol. The Morgan fingerprint density at radius 3 is 2.72 bits per heavy atom. The van der Waals surface area contributed by atoms with Gasteiger partial charge in [0.1, 0.15) is 5.82 Å². The summed E-state index contributed by atoms with van der Waals surface area (Å²) in [6, 6.07) is 8.28. The predicted octanol–water partition coefficient (Wildman–Crippen LogP) is 2.79. The van der Waals surface area contributed by atoms with E-state index in [1.54, 1.807) is 29.3 Å². The van der Waals surface area contributed by atoms with Crippen LogP contribution in [0.3, 0.4) is 0 Å². The highest BCUT2D eigenvalue weighted by Crippen LogP contribution is 2.34. The molecule has 0 spiro atoms. The van der Waals surface area contributed by atoms with Crippen LogP contribution in [0, 0.1) is 10.1 Å². The molecular weight excluding hydrogens is 320 g/mol. The van der Waals surface area contributed by atoms with Crippen molar-refractivity contribution in [3.05, 3.63) is 57.8 Å². The second kappa shape index (κ2) is 6.16. The fourth-order valence-electron chi connectivity index (χ4n) is 3.58. The maximum Gasteiger partial charge on any atom is 0.271 e. The third-order valence-corrected chi connectivity index (χ3v) is 4.84. The van der Waals surface area contributed by atoms with E-state index in [4.69, 9.17) is 0 Å². The lowest BCUT2D eigenvalue weighted by Crippen LogP contribution is -2.31. The second-order valence-corrected chi connectivity index (χ2v) is 6.35. The number of carbonyl (C=O) groups excluding carboxylic acids is 1. The zero-order chi connectivity index (χ0) is 17.4. The van der Waals surface area contributed by atoms with E-state index in [1.807, 2.05) is 0 Å². The lowest BCUT2D eigenvalue weighted by molar-refractivity contribution is -0.384. The Morgan fingerprint density at radius 1 is 1.16 bits per heavy atom. The zero-order valence-corrected chi connectivity index (χ0v) is 13.7. The minimum atomic E-state index is -0.430. The molecule has 7 heteroatoms. The number of hydrogen-bond acceptors (Lipinski definition) is 5. The van der Waals surface area contributed by atoms with Crippen molar-refractivity contribution in [2.75, 3.05) is 29.4 Å². The Labute approximate surface area is 145 Å². The lowest BCUT2D eigenvalue weighted by Gasteiger charge is -2.23. The van der Waals surface area contributed by atoms with Crippen molar-refractivity contribution in [1.82, 2.24) is 4.98 Å². The summed E-state index contributed by atoms with van der Waals surface area (Å²) < 4.78 is 0. The zero-order valence-electron chi connectivity index (χ0n) is 13.7. The van der Waals surface area contributed by atoms with Gasteiger partial charge in [0.2, 0.25) is 0 Å². The molecule has 2 aliphatic heterocycles. The van der Waals surface area contributed by atoms with Crippen molar-refractivity contribution in [2.45, 2.75) is 19.3 Å². The van der Waals surface area contributed by atoms with Crippen molar-refractivity contribution in [1.29, 1.82) is 0 Å². The number of nitro benzene ring substituents is 1. The average Bonchev–Trinajstić information content (AvgIpc) is 3.30. The topological polar surface area (TPSA) is 79.6 Å². The highest BCUT2D eigenvalue weighted by atomic mass is 16.6. The van der Waals surface area contributed by atoms with Crippen LogP contribution in [0.25, 0.3) is 0 Å². The Kier molecular flexibility index (Phi) is 3.83. The van der Waals surface area contributed by atoms with Crippen molar-refractivity contribution in [3.63, 3.8) is 0 Å². The van der Waals surface area contributed by atoms with Crippen LogP contribution in [-0.2, 0) is 6.42 Å². The number of hydrogen-bond donors (Lipinski definition) is 0. The summed E-state index contributed by atoms with van der Waals surface area (Å²) in [6.07, 6.45) is 4.61. The van der Waals surface area contributed by atoms with E-state index < -0.39 is 4.92 Å². The Balaban J connectivity index is 1.70. The van der Waals surface area contributed by atoms with Gasteiger partial charge in [-0.15, -0.1) is 0 Å². The number of anilines is 2. The van der Waals surface area contributed by atoms with E-state index in [-0.39, 0.29) is 11.6 Å². The van der Waals surface area contributed by atoms with Gasteiger partial charge in [-0.05, 0) is 37.0 Å². The van der Waals surface area contributed by atoms with Crippen LogP contribution in [-0.4, -0.2) is 35.4 Å². The van der Waals surface area contributed by atoms with Crippen LogP contribution < -0.4 is 9.80 Å². The normalized spacial score (nSPS) is 16.2. The van der Waals surface area contributed by atoms with E-state index in [1.165, 1.54) is 12.1 Å². The van der Waals surface area contributed by atoms with Crippen molar-refractivity contribution in [2.24, 2.45) is 0 Å². The molecule has 1 saturated heterocycles. The van der Waals surface area contributed by atoms with Crippen molar-refractivity contribution >= 4 is 23.1 Å². The quantitative estimate of drug-likeness (QED) is 0.635. The van der Waals surface area contributed by atoms with E-state index in [0.717, 1.165) is 31.5 Å².